The maximum absolute atomic E-state index is 13.8. The van der Waals surface area contributed by atoms with Crippen LogP contribution in [0.3, 0.4) is 0 Å². The van der Waals surface area contributed by atoms with Crippen LogP contribution in [0.15, 0.2) is 48.5 Å². The highest BCUT2D eigenvalue weighted by atomic mass is 19.1. The number of benzene rings is 2. The van der Waals surface area contributed by atoms with Crippen molar-refractivity contribution in [2.45, 2.75) is 5.60 Å². The molecular weight excluding hydrogens is 233 g/mol. The maximum atomic E-state index is 13.8. The number of anilines is 1. The Morgan fingerprint density at radius 1 is 1.00 bits per heavy atom. The van der Waals surface area contributed by atoms with E-state index in [4.69, 9.17) is 0 Å². The third kappa shape index (κ3) is 1.29. The van der Waals surface area contributed by atoms with E-state index in [1.807, 2.05) is 0 Å². The van der Waals surface area contributed by atoms with Gasteiger partial charge in [0.25, 0.3) is 5.91 Å². The van der Waals surface area contributed by atoms with E-state index < -0.39 is 17.3 Å². The van der Waals surface area contributed by atoms with Gasteiger partial charge in [-0.2, -0.15) is 0 Å². The summed E-state index contributed by atoms with van der Waals surface area (Å²) < 4.78 is 13.8. The van der Waals surface area contributed by atoms with Gasteiger partial charge >= 0.3 is 0 Å². The van der Waals surface area contributed by atoms with Gasteiger partial charge in [-0.1, -0.05) is 36.4 Å². The number of hydrogen-bond donors (Lipinski definition) is 2. The average molecular weight is 243 g/mol. The predicted octanol–water partition coefficient (Wildman–Crippen LogP) is 2.01. The topological polar surface area (TPSA) is 49.3 Å². The van der Waals surface area contributed by atoms with Crippen LogP contribution in [-0.4, -0.2) is 11.0 Å². The molecule has 1 aliphatic heterocycles. The highest BCUT2D eigenvalue weighted by Gasteiger charge is 2.48. The molecule has 0 spiro atoms. The molecule has 1 heterocycles. The largest absolute Gasteiger partial charge is 0.372 e. The summed E-state index contributed by atoms with van der Waals surface area (Å²) in [5.41, 5.74) is -1.11. The molecule has 2 aromatic rings. The van der Waals surface area contributed by atoms with Crippen LogP contribution in [0.25, 0.3) is 0 Å². The first-order valence-corrected chi connectivity index (χ1v) is 5.52. The van der Waals surface area contributed by atoms with E-state index in [9.17, 15) is 14.3 Å². The second kappa shape index (κ2) is 3.65. The zero-order valence-electron chi connectivity index (χ0n) is 9.35. The number of rotatable bonds is 1. The van der Waals surface area contributed by atoms with Crippen LogP contribution in [-0.2, 0) is 10.4 Å². The first kappa shape index (κ1) is 10.9. The highest BCUT2D eigenvalue weighted by Crippen LogP contribution is 2.41. The number of carbonyl (C=O) groups excluding carboxylic acids is 1. The summed E-state index contributed by atoms with van der Waals surface area (Å²) in [6.07, 6.45) is 0. The number of hydrogen-bond acceptors (Lipinski definition) is 2. The molecule has 3 nitrogen and oxygen atoms in total. The summed E-state index contributed by atoms with van der Waals surface area (Å²) >= 11 is 0. The van der Waals surface area contributed by atoms with Gasteiger partial charge in [0, 0.05) is 16.8 Å². The van der Waals surface area contributed by atoms with Crippen LogP contribution in [0.4, 0.5) is 10.1 Å². The minimum absolute atomic E-state index is 0.0348. The molecule has 0 saturated carbocycles. The normalized spacial score (nSPS) is 21.6. The molecule has 0 aliphatic carbocycles. The molecule has 0 fully saturated rings. The van der Waals surface area contributed by atoms with Gasteiger partial charge in [-0.3, -0.25) is 4.79 Å². The minimum atomic E-state index is -1.96. The Morgan fingerprint density at radius 2 is 1.61 bits per heavy atom. The summed E-state index contributed by atoms with van der Waals surface area (Å²) in [7, 11) is 0. The molecule has 1 aliphatic rings. The third-order valence-electron chi connectivity index (χ3n) is 3.16. The Bertz CT molecular complexity index is 641. The van der Waals surface area contributed by atoms with Crippen molar-refractivity contribution in [3.63, 3.8) is 0 Å². The lowest BCUT2D eigenvalue weighted by Crippen LogP contribution is -2.36. The van der Waals surface area contributed by atoms with Crippen LogP contribution in [0.5, 0.6) is 0 Å². The molecular formula is C14H10FNO2. The zero-order chi connectivity index (χ0) is 12.8. The zero-order valence-corrected chi connectivity index (χ0v) is 9.35. The van der Waals surface area contributed by atoms with Crippen molar-refractivity contribution in [2.75, 3.05) is 5.32 Å². The van der Waals surface area contributed by atoms with Crippen molar-refractivity contribution in [1.29, 1.82) is 0 Å². The SMILES string of the molecule is O=C1Nc2ccccc2C1(O)c1ccccc1F. The molecule has 1 unspecified atom stereocenters. The molecule has 0 radical (unpaired) electrons. The van der Waals surface area contributed by atoms with E-state index >= 15 is 0 Å². The smallest absolute Gasteiger partial charge is 0.265 e. The van der Waals surface area contributed by atoms with Crippen LogP contribution in [0.2, 0.25) is 0 Å². The van der Waals surface area contributed by atoms with E-state index in [1.165, 1.54) is 18.2 Å². The fourth-order valence-corrected chi connectivity index (χ4v) is 2.26. The molecule has 4 heteroatoms. The number of nitrogens with one attached hydrogen (secondary N) is 1. The van der Waals surface area contributed by atoms with Crippen LogP contribution >= 0.6 is 0 Å². The van der Waals surface area contributed by atoms with Crippen molar-refractivity contribution in [2.24, 2.45) is 0 Å². The van der Waals surface area contributed by atoms with E-state index in [0.29, 0.717) is 11.3 Å². The summed E-state index contributed by atoms with van der Waals surface area (Å²) in [4.78, 5) is 12.0. The summed E-state index contributed by atoms with van der Waals surface area (Å²) in [6.45, 7) is 0. The van der Waals surface area contributed by atoms with E-state index in [1.54, 1.807) is 30.3 Å². The van der Waals surface area contributed by atoms with Crippen molar-refractivity contribution < 1.29 is 14.3 Å². The van der Waals surface area contributed by atoms with Gasteiger partial charge in [0.1, 0.15) is 5.82 Å². The van der Waals surface area contributed by atoms with Crippen molar-refractivity contribution in [1.82, 2.24) is 0 Å². The maximum Gasteiger partial charge on any atom is 0.265 e. The van der Waals surface area contributed by atoms with Gasteiger partial charge < -0.3 is 10.4 Å². The summed E-state index contributed by atoms with van der Waals surface area (Å²) in [6, 6.07) is 12.5. The minimum Gasteiger partial charge on any atom is -0.372 e. The lowest BCUT2D eigenvalue weighted by Gasteiger charge is -2.21. The molecule has 3 rings (SSSR count). The molecule has 90 valence electrons. The van der Waals surface area contributed by atoms with E-state index in [-0.39, 0.29) is 5.56 Å². The van der Waals surface area contributed by atoms with Crippen LogP contribution < -0.4 is 5.32 Å². The quantitative estimate of drug-likeness (QED) is 0.805. The third-order valence-corrected chi connectivity index (χ3v) is 3.16. The van der Waals surface area contributed by atoms with Crippen molar-refractivity contribution in [3.8, 4) is 0 Å². The standard InChI is InChI=1S/C14H10FNO2/c15-11-7-3-1-5-9(11)14(18)10-6-2-4-8-12(10)16-13(14)17/h1-8,18H,(H,16,17). The fraction of sp³-hybridized carbons (Fsp3) is 0.0714. The lowest BCUT2D eigenvalue weighted by molar-refractivity contribution is -0.129. The molecule has 1 atom stereocenters. The van der Waals surface area contributed by atoms with Gasteiger partial charge in [0.2, 0.25) is 0 Å². The number of aliphatic hydroxyl groups is 1. The first-order valence-electron chi connectivity index (χ1n) is 5.52. The van der Waals surface area contributed by atoms with Crippen molar-refractivity contribution in [3.05, 3.63) is 65.5 Å². The fourth-order valence-electron chi connectivity index (χ4n) is 2.26. The van der Waals surface area contributed by atoms with E-state index in [0.717, 1.165) is 0 Å². The predicted molar refractivity (Wildman–Crippen MR) is 64.5 cm³/mol. The number of para-hydroxylation sites is 1. The van der Waals surface area contributed by atoms with Gasteiger partial charge in [0.05, 0.1) is 0 Å². The molecule has 2 N–H and O–H groups in total. The number of fused-ring (bicyclic) bond motifs is 1. The molecule has 18 heavy (non-hydrogen) atoms. The van der Waals surface area contributed by atoms with Gasteiger partial charge in [-0.05, 0) is 12.1 Å². The average Bonchev–Trinajstić information content (AvgIpc) is 2.63. The summed E-state index contributed by atoms with van der Waals surface area (Å²) in [5, 5.41) is 13.2. The Hall–Kier alpha value is -2.20. The Labute approximate surface area is 103 Å². The number of halogens is 1. The molecule has 1 amide bonds. The second-order valence-corrected chi connectivity index (χ2v) is 4.19. The van der Waals surface area contributed by atoms with Gasteiger partial charge in [0.15, 0.2) is 5.60 Å². The number of carbonyl (C=O) groups is 1. The number of amides is 1. The van der Waals surface area contributed by atoms with Crippen LogP contribution in [0.1, 0.15) is 11.1 Å². The summed E-state index contributed by atoms with van der Waals surface area (Å²) in [5.74, 6) is -1.24. The van der Waals surface area contributed by atoms with Crippen LogP contribution in [0, 0.1) is 5.82 Å². The second-order valence-electron chi connectivity index (χ2n) is 4.19. The van der Waals surface area contributed by atoms with Crippen molar-refractivity contribution >= 4 is 11.6 Å². The Morgan fingerprint density at radius 3 is 2.33 bits per heavy atom. The monoisotopic (exact) mass is 243 g/mol. The molecule has 0 aromatic heterocycles. The highest BCUT2D eigenvalue weighted by molar-refractivity contribution is 6.07. The molecule has 2 aromatic carbocycles. The van der Waals surface area contributed by atoms with E-state index in [2.05, 4.69) is 5.32 Å². The molecule has 0 bridgehead atoms. The van der Waals surface area contributed by atoms with Gasteiger partial charge in [-0.25, -0.2) is 4.39 Å². The Kier molecular flexibility index (Phi) is 2.21. The Balaban J connectivity index is 2.27. The lowest BCUT2D eigenvalue weighted by atomic mass is 9.87. The first-order chi connectivity index (χ1) is 8.64. The van der Waals surface area contributed by atoms with Gasteiger partial charge in [-0.15, -0.1) is 0 Å². The molecule has 0 saturated heterocycles.